The van der Waals surface area contributed by atoms with Crippen LogP contribution in [0.25, 0.3) is 10.8 Å². The van der Waals surface area contributed by atoms with Crippen LogP contribution in [0.1, 0.15) is 16.0 Å². The van der Waals surface area contributed by atoms with Gasteiger partial charge in [0.05, 0.1) is 0 Å². The van der Waals surface area contributed by atoms with Gasteiger partial charge in [-0.1, -0.05) is 81.6 Å². The first kappa shape index (κ1) is 14.9. The minimum absolute atomic E-state index is 0.180. The molecule has 0 bridgehead atoms. The van der Waals surface area contributed by atoms with Crippen LogP contribution in [0.4, 0.5) is 0 Å². The van der Waals surface area contributed by atoms with Crippen LogP contribution in [-0.2, 0) is 6.42 Å². The molecule has 0 saturated heterocycles. The van der Waals surface area contributed by atoms with E-state index in [2.05, 4.69) is 58.4 Å². The van der Waals surface area contributed by atoms with E-state index in [4.69, 9.17) is 23.2 Å². The standard InChI is InChI=1S/C18H13BrCl2/c19-18(14-8-15(20)11-16(21)9-14)10-13-6-3-5-12-4-1-2-7-17(12)13/h1-9,11,18H,10H2. The van der Waals surface area contributed by atoms with Crippen molar-refractivity contribution in [2.75, 3.05) is 0 Å². The number of hydrogen-bond donors (Lipinski definition) is 0. The van der Waals surface area contributed by atoms with Gasteiger partial charge in [-0.15, -0.1) is 0 Å². The monoisotopic (exact) mass is 378 g/mol. The van der Waals surface area contributed by atoms with E-state index >= 15 is 0 Å². The zero-order valence-electron chi connectivity index (χ0n) is 11.2. The van der Waals surface area contributed by atoms with E-state index in [0.717, 1.165) is 12.0 Å². The average molecular weight is 380 g/mol. The molecule has 0 aromatic heterocycles. The highest BCUT2D eigenvalue weighted by molar-refractivity contribution is 9.09. The summed E-state index contributed by atoms with van der Waals surface area (Å²) in [6.07, 6.45) is 0.887. The van der Waals surface area contributed by atoms with E-state index in [9.17, 15) is 0 Å². The smallest absolute Gasteiger partial charge is 0.0436 e. The molecule has 1 unspecified atom stereocenters. The van der Waals surface area contributed by atoms with Crippen molar-refractivity contribution in [3.05, 3.63) is 81.8 Å². The highest BCUT2D eigenvalue weighted by Gasteiger charge is 2.12. The summed E-state index contributed by atoms with van der Waals surface area (Å²) in [5.74, 6) is 0. The van der Waals surface area contributed by atoms with Crippen LogP contribution in [0.15, 0.2) is 60.7 Å². The van der Waals surface area contributed by atoms with Gasteiger partial charge in [0.25, 0.3) is 0 Å². The first-order valence-corrected chi connectivity index (χ1v) is 8.37. The maximum atomic E-state index is 6.09. The van der Waals surface area contributed by atoms with Crippen molar-refractivity contribution in [2.45, 2.75) is 11.2 Å². The van der Waals surface area contributed by atoms with Gasteiger partial charge in [-0.05, 0) is 46.5 Å². The van der Waals surface area contributed by atoms with Crippen LogP contribution in [0, 0.1) is 0 Å². The summed E-state index contributed by atoms with van der Waals surface area (Å²) < 4.78 is 0. The molecule has 0 nitrogen and oxygen atoms in total. The Hall–Kier alpha value is -1.02. The number of halogens is 3. The Kier molecular flexibility index (Phi) is 4.54. The lowest BCUT2D eigenvalue weighted by Crippen LogP contribution is -1.96. The molecule has 3 aromatic carbocycles. The third kappa shape index (κ3) is 3.42. The number of rotatable bonds is 3. The number of benzene rings is 3. The Labute approximate surface area is 142 Å². The van der Waals surface area contributed by atoms with E-state index in [1.165, 1.54) is 16.3 Å². The van der Waals surface area contributed by atoms with Gasteiger partial charge in [-0.2, -0.15) is 0 Å². The SMILES string of the molecule is Clc1cc(Cl)cc(C(Br)Cc2cccc3ccccc23)c1. The fourth-order valence-corrected chi connectivity index (χ4v) is 3.69. The molecule has 3 rings (SSSR count). The topological polar surface area (TPSA) is 0 Å². The molecule has 0 aliphatic carbocycles. The van der Waals surface area contributed by atoms with Gasteiger partial charge in [-0.25, -0.2) is 0 Å². The number of fused-ring (bicyclic) bond motifs is 1. The van der Waals surface area contributed by atoms with Crippen LogP contribution >= 0.6 is 39.1 Å². The molecule has 106 valence electrons. The van der Waals surface area contributed by atoms with Crippen molar-refractivity contribution in [1.29, 1.82) is 0 Å². The van der Waals surface area contributed by atoms with Gasteiger partial charge < -0.3 is 0 Å². The first-order valence-electron chi connectivity index (χ1n) is 6.70. The predicted molar refractivity (Wildman–Crippen MR) is 95.8 cm³/mol. The molecule has 0 aliphatic heterocycles. The van der Waals surface area contributed by atoms with Crippen molar-refractivity contribution in [3.63, 3.8) is 0 Å². The van der Waals surface area contributed by atoms with Crippen molar-refractivity contribution in [3.8, 4) is 0 Å². The number of hydrogen-bond acceptors (Lipinski definition) is 0. The van der Waals surface area contributed by atoms with Crippen molar-refractivity contribution >= 4 is 49.9 Å². The Balaban J connectivity index is 1.94. The second-order valence-electron chi connectivity index (χ2n) is 5.01. The quantitative estimate of drug-likeness (QED) is 0.437. The highest BCUT2D eigenvalue weighted by atomic mass is 79.9. The van der Waals surface area contributed by atoms with E-state index < -0.39 is 0 Å². The lowest BCUT2D eigenvalue weighted by Gasteiger charge is -2.13. The molecule has 0 fully saturated rings. The van der Waals surface area contributed by atoms with Crippen LogP contribution in [0.2, 0.25) is 10.0 Å². The zero-order valence-corrected chi connectivity index (χ0v) is 14.3. The predicted octanol–water partition coefficient (Wildman–Crippen LogP) is 6.83. The molecule has 0 amide bonds. The van der Waals surface area contributed by atoms with Gasteiger partial charge in [0.2, 0.25) is 0 Å². The third-order valence-electron chi connectivity index (χ3n) is 3.53. The second-order valence-corrected chi connectivity index (χ2v) is 6.99. The summed E-state index contributed by atoms with van der Waals surface area (Å²) in [4.78, 5) is 0.180. The Morgan fingerprint density at radius 2 is 1.52 bits per heavy atom. The molecule has 3 aromatic rings. The van der Waals surface area contributed by atoms with E-state index in [0.29, 0.717) is 10.0 Å². The zero-order chi connectivity index (χ0) is 14.8. The van der Waals surface area contributed by atoms with E-state index in [1.54, 1.807) is 6.07 Å². The normalized spacial score (nSPS) is 12.5. The summed E-state index contributed by atoms with van der Waals surface area (Å²) in [7, 11) is 0. The number of alkyl halides is 1. The molecule has 0 saturated carbocycles. The van der Waals surface area contributed by atoms with E-state index in [1.807, 2.05) is 12.1 Å². The van der Waals surface area contributed by atoms with Crippen molar-refractivity contribution < 1.29 is 0 Å². The van der Waals surface area contributed by atoms with E-state index in [-0.39, 0.29) is 4.83 Å². The van der Waals surface area contributed by atoms with Gasteiger partial charge >= 0.3 is 0 Å². The molecule has 0 heterocycles. The lowest BCUT2D eigenvalue weighted by atomic mass is 9.98. The van der Waals surface area contributed by atoms with Crippen LogP contribution in [0.3, 0.4) is 0 Å². The maximum absolute atomic E-state index is 6.09. The molecule has 0 radical (unpaired) electrons. The Morgan fingerprint density at radius 1 is 0.857 bits per heavy atom. The third-order valence-corrected chi connectivity index (χ3v) is 4.81. The van der Waals surface area contributed by atoms with Gasteiger partial charge in [0, 0.05) is 14.9 Å². The Morgan fingerprint density at radius 3 is 2.29 bits per heavy atom. The molecule has 3 heteroatoms. The van der Waals surface area contributed by atoms with Crippen LogP contribution in [0.5, 0.6) is 0 Å². The van der Waals surface area contributed by atoms with Crippen molar-refractivity contribution in [2.24, 2.45) is 0 Å². The summed E-state index contributed by atoms with van der Waals surface area (Å²) in [5.41, 5.74) is 2.41. The fourth-order valence-electron chi connectivity index (χ4n) is 2.54. The minimum atomic E-state index is 0.180. The van der Waals surface area contributed by atoms with Crippen LogP contribution in [-0.4, -0.2) is 0 Å². The molecule has 0 N–H and O–H groups in total. The van der Waals surface area contributed by atoms with Crippen LogP contribution < -0.4 is 0 Å². The summed E-state index contributed by atoms with van der Waals surface area (Å²) in [6.45, 7) is 0. The summed E-state index contributed by atoms with van der Waals surface area (Å²) in [5, 5.41) is 3.89. The highest BCUT2D eigenvalue weighted by Crippen LogP contribution is 2.33. The van der Waals surface area contributed by atoms with Gasteiger partial charge in [0.1, 0.15) is 0 Å². The lowest BCUT2D eigenvalue weighted by molar-refractivity contribution is 0.957. The molecule has 0 spiro atoms. The average Bonchev–Trinajstić information content (AvgIpc) is 2.46. The first-order chi connectivity index (χ1) is 10.1. The summed E-state index contributed by atoms with van der Waals surface area (Å²) >= 11 is 15.9. The van der Waals surface area contributed by atoms with Gasteiger partial charge in [-0.3, -0.25) is 0 Å². The fraction of sp³-hybridized carbons (Fsp3) is 0.111. The minimum Gasteiger partial charge on any atom is -0.0843 e. The largest absolute Gasteiger partial charge is 0.0843 e. The Bertz CT molecular complexity index is 758. The molecule has 1 atom stereocenters. The summed E-state index contributed by atoms with van der Waals surface area (Å²) in [6, 6.07) is 20.5. The molecule has 0 aliphatic rings. The van der Waals surface area contributed by atoms with Crippen molar-refractivity contribution in [1.82, 2.24) is 0 Å². The molecule has 21 heavy (non-hydrogen) atoms. The van der Waals surface area contributed by atoms with Gasteiger partial charge in [0.15, 0.2) is 0 Å². The maximum Gasteiger partial charge on any atom is 0.0436 e. The molecular formula is C18H13BrCl2. The molecular weight excluding hydrogens is 367 g/mol. The second kappa shape index (κ2) is 6.39.